The Morgan fingerprint density at radius 1 is 1.78 bits per heavy atom. The SMILES string of the molecule is CCC1=CC(=O)CN=C1. The summed E-state index contributed by atoms with van der Waals surface area (Å²) in [5.74, 6) is 0.120. The highest BCUT2D eigenvalue weighted by atomic mass is 16.1. The summed E-state index contributed by atoms with van der Waals surface area (Å²) in [6, 6.07) is 0. The lowest BCUT2D eigenvalue weighted by molar-refractivity contribution is -0.113. The predicted octanol–water partition coefficient (Wildman–Crippen LogP) is 0.976. The van der Waals surface area contributed by atoms with Crippen molar-refractivity contribution in [3.05, 3.63) is 11.6 Å². The molecule has 0 radical (unpaired) electrons. The second-order valence-electron chi connectivity index (χ2n) is 2.01. The molecular weight excluding hydrogens is 114 g/mol. The molecule has 0 aromatic carbocycles. The van der Waals surface area contributed by atoms with Gasteiger partial charge in [0.2, 0.25) is 0 Å². The quantitative estimate of drug-likeness (QED) is 0.511. The molecule has 0 aliphatic carbocycles. The molecule has 1 aliphatic rings. The molecule has 0 saturated carbocycles. The van der Waals surface area contributed by atoms with Gasteiger partial charge in [0.05, 0.1) is 0 Å². The summed E-state index contributed by atoms with van der Waals surface area (Å²) < 4.78 is 0. The molecule has 48 valence electrons. The van der Waals surface area contributed by atoms with Crippen LogP contribution in [0.3, 0.4) is 0 Å². The summed E-state index contributed by atoms with van der Waals surface area (Å²) >= 11 is 0. The lowest BCUT2D eigenvalue weighted by atomic mass is 10.1. The van der Waals surface area contributed by atoms with Crippen LogP contribution in [0.2, 0.25) is 0 Å². The fourth-order valence-corrected chi connectivity index (χ4v) is 0.736. The summed E-state index contributed by atoms with van der Waals surface area (Å²) in [4.78, 5) is 14.5. The molecule has 0 amide bonds. The van der Waals surface area contributed by atoms with Gasteiger partial charge in [-0.15, -0.1) is 0 Å². The standard InChI is InChI=1S/C7H9NO/c1-2-6-3-7(9)5-8-4-6/h3-4H,2,5H2,1H3. The zero-order chi connectivity index (χ0) is 6.69. The van der Waals surface area contributed by atoms with Crippen LogP contribution in [0.15, 0.2) is 16.6 Å². The van der Waals surface area contributed by atoms with Crippen molar-refractivity contribution < 1.29 is 4.79 Å². The number of hydrogen-bond donors (Lipinski definition) is 0. The average molecular weight is 123 g/mol. The zero-order valence-electron chi connectivity index (χ0n) is 5.42. The maximum Gasteiger partial charge on any atom is 0.177 e. The summed E-state index contributed by atoms with van der Waals surface area (Å²) in [6.45, 7) is 2.35. The first-order valence-corrected chi connectivity index (χ1v) is 3.06. The highest BCUT2D eigenvalue weighted by Gasteiger charge is 2.01. The van der Waals surface area contributed by atoms with Gasteiger partial charge in [0, 0.05) is 6.21 Å². The Labute approximate surface area is 54.3 Å². The lowest BCUT2D eigenvalue weighted by Gasteiger charge is -2.00. The zero-order valence-corrected chi connectivity index (χ0v) is 5.42. The van der Waals surface area contributed by atoms with E-state index in [-0.39, 0.29) is 5.78 Å². The minimum atomic E-state index is 0.120. The van der Waals surface area contributed by atoms with Gasteiger partial charge in [0.25, 0.3) is 0 Å². The molecule has 0 saturated heterocycles. The maximum absolute atomic E-state index is 10.6. The van der Waals surface area contributed by atoms with Crippen molar-refractivity contribution in [1.82, 2.24) is 0 Å². The van der Waals surface area contributed by atoms with Crippen LogP contribution in [0.5, 0.6) is 0 Å². The Hall–Kier alpha value is -0.920. The number of nitrogens with zero attached hydrogens (tertiary/aromatic N) is 1. The van der Waals surface area contributed by atoms with E-state index in [1.165, 1.54) is 0 Å². The van der Waals surface area contributed by atoms with Crippen molar-refractivity contribution in [2.75, 3.05) is 6.54 Å². The molecule has 2 nitrogen and oxygen atoms in total. The van der Waals surface area contributed by atoms with Gasteiger partial charge in [-0.25, -0.2) is 0 Å². The molecule has 0 atom stereocenters. The molecule has 0 aromatic heterocycles. The number of hydrogen-bond acceptors (Lipinski definition) is 2. The van der Waals surface area contributed by atoms with E-state index in [2.05, 4.69) is 4.99 Å². The topological polar surface area (TPSA) is 29.4 Å². The molecule has 1 heterocycles. The van der Waals surface area contributed by atoms with E-state index in [9.17, 15) is 4.79 Å². The van der Waals surface area contributed by atoms with Crippen LogP contribution in [-0.2, 0) is 4.79 Å². The molecule has 1 rings (SSSR count). The number of aliphatic imine (C=N–C) groups is 1. The van der Waals surface area contributed by atoms with Gasteiger partial charge in [-0.3, -0.25) is 9.79 Å². The minimum absolute atomic E-state index is 0.120. The Morgan fingerprint density at radius 2 is 2.56 bits per heavy atom. The van der Waals surface area contributed by atoms with Gasteiger partial charge in [0.1, 0.15) is 6.54 Å². The minimum Gasteiger partial charge on any atom is -0.293 e. The molecule has 2 heteroatoms. The first-order chi connectivity index (χ1) is 4.33. The number of carbonyl (C=O) groups excluding carboxylic acids is 1. The lowest BCUT2D eigenvalue weighted by Crippen LogP contribution is -2.05. The Kier molecular flexibility index (Phi) is 1.78. The van der Waals surface area contributed by atoms with Crippen LogP contribution < -0.4 is 0 Å². The van der Waals surface area contributed by atoms with Crippen molar-refractivity contribution in [1.29, 1.82) is 0 Å². The van der Waals surface area contributed by atoms with E-state index in [0.29, 0.717) is 6.54 Å². The van der Waals surface area contributed by atoms with Crippen molar-refractivity contribution >= 4 is 12.0 Å². The highest BCUT2D eigenvalue weighted by Crippen LogP contribution is 2.01. The van der Waals surface area contributed by atoms with Gasteiger partial charge in [0.15, 0.2) is 5.78 Å². The fourth-order valence-electron chi connectivity index (χ4n) is 0.736. The van der Waals surface area contributed by atoms with E-state index in [4.69, 9.17) is 0 Å². The number of ketones is 1. The molecular formula is C7H9NO. The molecule has 1 aliphatic heterocycles. The normalized spacial score (nSPS) is 17.9. The van der Waals surface area contributed by atoms with Crippen LogP contribution in [0.25, 0.3) is 0 Å². The smallest absolute Gasteiger partial charge is 0.177 e. The van der Waals surface area contributed by atoms with E-state index in [1.807, 2.05) is 6.92 Å². The van der Waals surface area contributed by atoms with E-state index < -0.39 is 0 Å². The van der Waals surface area contributed by atoms with Crippen molar-refractivity contribution in [2.45, 2.75) is 13.3 Å². The van der Waals surface area contributed by atoms with E-state index >= 15 is 0 Å². The van der Waals surface area contributed by atoms with Crippen LogP contribution in [0.4, 0.5) is 0 Å². The van der Waals surface area contributed by atoms with Gasteiger partial charge >= 0.3 is 0 Å². The molecule has 0 unspecified atom stereocenters. The number of carbonyl (C=O) groups is 1. The summed E-state index contributed by atoms with van der Waals surface area (Å²) in [7, 11) is 0. The molecule has 0 bridgehead atoms. The van der Waals surface area contributed by atoms with Crippen molar-refractivity contribution in [3.8, 4) is 0 Å². The Balaban J connectivity index is 2.70. The van der Waals surface area contributed by atoms with E-state index in [1.54, 1.807) is 12.3 Å². The molecule has 0 aromatic rings. The molecule has 9 heavy (non-hydrogen) atoms. The van der Waals surface area contributed by atoms with Crippen molar-refractivity contribution in [2.24, 2.45) is 4.99 Å². The third kappa shape index (κ3) is 1.49. The molecule has 0 spiro atoms. The Bertz CT molecular complexity index is 179. The monoisotopic (exact) mass is 123 g/mol. The summed E-state index contributed by atoms with van der Waals surface area (Å²) in [5, 5.41) is 0. The second-order valence-corrected chi connectivity index (χ2v) is 2.01. The van der Waals surface area contributed by atoms with Crippen LogP contribution in [0, 0.1) is 0 Å². The summed E-state index contributed by atoms with van der Waals surface area (Å²) in [6.07, 6.45) is 4.32. The number of dihydropyridines is 1. The average Bonchev–Trinajstić information content (AvgIpc) is 1.88. The first-order valence-electron chi connectivity index (χ1n) is 3.06. The van der Waals surface area contributed by atoms with Crippen LogP contribution in [0.1, 0.15) is 13.3 Å². The third-order valence-electron chi connectivity index (χ3n) is 1.26. The van der Waals surface area contributed by atoms with E-state index in [0.717, 1.165) is 12.0 Å². The van der Waals surface area contributed by atoms with Crippen LogP contribution >= 0.6 is 0 Å². The van der Waals surface area contributed by atoms with Gasteiger partial charge in [-0.1, -0.05) is 6.92 Å². The molecule has 0 N–H and O–H groups in total. The van der Waals surface area contributed by atoms with Crippen molar-refractivity contribution in [3.63, 3.8) is 0 Å². The Morgan fingerprint density at radius 3 is 3.00 bits per heavy atom. The van der Waals surface area contributed by atoms with Gasteiger partial charge < -0.3 is 0 Å². The summed E-state index contributed by atoms with van der Waals surface area (Å²) in [5.41, 5.74) is 1.03. The highest BCUT2D eigenvalue weighted by molar-refractivity contribution is 6.00. The number of rotatable bonds is 1. The first kappa shape index (κ1) is 6.20. The second kappa shape index (κ2) is 2.58. The van der Waals surface area contributed by atoms with Gasteiger partial charge in [-0.2, -0.15) is 0 Å². The molecule has 0 fully saturated rings. The predicted molar refractivity (Wildman–Crippen MR) is 36.7 cm³/mol. The van der Waals surface area contributed by atoms with Crippen LogP contribution in [-0.4, -0.2) is 18.5 Å². The third-order valence-corrected chi connectivity index (χ3v) is 1.26. The largest absolute Gasteiger partial charge is 0.293 e. The van der Waals surface area contributed by atoms with Gasteiger partial charge in [-0.05, 0) is 18.1 Å². The number of allylic oxidation sites excluding steroid dienone is 1. The fraction of sp³-hybridized carbons (Fsp3) is 0.429. The maximum atomic E-state index is 10.6.